The molecule has 0 amide bonds. The predicted molar refractivity (Wildman–Crippen MR) is 185 cm³/mol. The number of rotatable bonds is 12. The van der Waals surface area contributed by atoms with Gasteiger partial charge in [-0.2, -0.15) is 0 Å². The number of ether oxygens (including phenoxy) is 5. The maximum Gasteiger partial charge on any atom is 0.187 e. The number of aliphatic hydroxyl groups is 9. The van der Waals surface area contributed by atoms with Gasteiger partial charge in [0.1, 0.15) is 42.4 Å². The molecule has 6 fully saturated rings. The number of aliphatic hydroxyl groups excluding tert-OH is 8. The van der Waals surface area contributed by atoms with Crippen molar-refractivity contribution in [1.82, 2.24) is 0 Å². The molecule has 0 spiro atoms. The van der Waals surface area contributed by atoms with E-state index in [0.29, 0.717) is 32.1 Å². The summed E-state index contributed by atoms with van der Waals surface area (Å²) in [5.41, 5.74) is -2.37. The fourth-order valence-electron chi connectivity index (χ4n) is 12.0. The second-order valence-corrected chi connectivity index (χ2v) is 17.9. The Labute approximate surface area is 311 Å². The van der Waals surface area contributed by atoms with Crippen molar-refractivity contribution in [1.29, 1.82) is 0 Å². The van der Waals surface area contributed by atoms with E-state index in [4.69, 9.17) is 23.7 Å². The van der Waals surface area contributed by atoms with Gasteiger partial charge in [-0.25, -0.2) is 0 Å². The highest BCUT2D eigenvalue weighted by molar-refractivity contribution is 5.80. The van der Waals surface area contributed by atoms with Crippen LogP contribution in [-0.4, -0.2) is 158 Å². The van der Waals surface area contributed by atoms with Gasteiger partial charge in [-0.1, -0.05) is 27.7 Å². The highest BCUT2D eigenvalue weighted by Gasteiger charge is 2.71. The first-order valence-corrected chi connectivity index (χ1v) is 19.6. The molecule has 0 radical (unpaired) electrons. The molecule has 6 rings (SSSR count). The number of ketones is 1. The normalized spacial score (nSPS) is 52.3. The fourth-order valence-corrected chi connectivity index (χ4v) is 12.0. The van der Waals surface area contributed by atoms with Gasteiger partial charge in [0.15, 0.2) is 12.6 Å². The van der Waals surface area contributed by atoms with Crippen LogP contribution in [0.15, 0.2) is 0 Å². The van der Waals surface area contributed by atoms with Crippen LogP contribution in [0.3, 0.4) is 0 Å². The summed E-state index contributed by atoms with van der Waals surface area (Å²) in [6.45, 7) is 7.28. The Morgan fingerprint density at radius 2 is 1.58 bits per heavy atom. The molecule has 21 atom stereocenters. The number of fused-ring (bicyclic) bond motifs is 5. The summed E-state index contributed by atoms with van der Waals surface area (Å²) in [5, 5.41) is 98.3. The van der Waals surface area contributed by atoms with Gasteiger partial charge in [-0.05, 0) is 67.1 Å². The standard InChI is InChI=1S/C38H64O15/c1-17(19-12-22(42)33-36(19,3)11-9-26-37(4)10-8-21(41)28(44)27(37)23(43)13-38(26,33)48)6-7-20(40)18(2)15-50-35-32(30(46)24(14-39)52-35)53-34-31(47)29(45)25(49-5)16-51-34/h17-19,21-35,39,41-48H,6-16H2,1-5H3/t17-,18?,19-,21+,22-,23+,24-,25-,26?,27?,28+,29+,30-,31-,32+,33?,34+,35+,36-,37-,38+/m1/s1. The molecule has 9 N–H and O–H groups in total. The first-order valence-electron chi connectivity index (χ1n) is 19.6. The van der Waals surface area contributed by atoms with Gasteiger partial charge in [0.05, 0.1) is 49.8 Å². The molecular weight excluding hydrogens is 696 g/mol. The molecule has 0 bridgehead atoms. The summed E-state index contributed by atoms with van der Waals surface area (Å²) in [7, 11) is 1.37. The smallest absolute Gasteiger partial charge is 0.187 e. The lowest BCUT2D eigenvalue weighted by molar-refractivity contribution is -0.305. The van der Waals surface area contributed by atoms with Crippen LogP contribution in [0.25, 0.3) is 0 Å². The van der Waals surface area contributed by atoms with Crippen molar-refractivity contribution in [3.8, 4) is 0 Å². The maximum atomic E-state index is 13.4. The molecule has 4 saturated carbocycles. The Bertz CT molecular complexity index is 1270. The van der Waals surface area contributed by atoms with Gasteiger partial charge in [0.2, 0.25) is 0 Å². The first kappa shape index (κ1) is 41.7. The van der Waals surface area contributed by atoms with E-state index in [0.717, 1.165) is 6.42 Å². The zero-order chi connectivity index (χ0) is 38.8. The summed E-state index contributed by atoms with van der Waals surface area (Å²) in [6, 6.07) is 0. The fraction of sp³-hybridized carbons (Fsp3) is 0.974. The van der Waals surface area contributed by atoms with Gasteiger partial charge in [-0.3, -0.25) is 4.79 Å². The van der Waals surface area contributed by atoms with Crippen molar-refractivity contribution in [3.63, 3.8) is 0 Å². The quantitative estimate of drug-likeness (QED) is 0.119. The number of Topliss-reactive ketones (excluding diaryl/α,β-unsaturated/α-hetero) is 1. The van der Waals surface area contributed by atoms with E-state index in [-0.39, 0.29) is 49.6 Å². The van der Waals surface area contributed by atoms with E-state index in [1.165, 1.54) is 7.11 Å². The third-order valence-electron chi connectivity index (χ3n) is 14.9. The molecule has 0 aromatic rings. The van der Waals surface area contributed by atoms with Crippen LogP contribution < -0.4 is 0 Å². The van der Waals surface area contributed by atoms with Crippen molar-refractivity contribution in [2.45, 2.75) is 158 Å². The number of hydrogen-bond donors (Lipinski definition) is 9. The van der Waals surface area contributed by atoms with E-state index in [2.05, 4.69) is 13.8 Å². The van der Waals surface area contributed by atoms with Gasteiger partial charge in [-0.15, -0.1) is 0 Å². The second-order valence-electron chi connectivity index (χ2n) is 17.9. The molecule has 2 heterocycles. The van der Waals surface area contributed by atoms with Crippen molar-refractivity contribution in [2.24, 2.45) is 46.3 Å². The lowest BCUT2D eigenvalue weighted by Crippen LogP contribution is -2.70. The van der Waals surface area contributed by atoms with E-state index in [1.807, 2.05) is 6.92 Å². The second kappa shape index (κ2) is 15.8. The number of hydrogen-bond acceptors (Lipinski definition) is 15. The van der Waals surface area contributed by atoms with Crippen molar-refractivity contribution >= 4 is 5.78 Å². The van der Waals surface area contributed by atoms with Gasteiger partial charge >= 0.3 is 0 Å². The Balaban J connectivity index is 1.05. The van der Waals surface area contributed by atoms with E-state index in [9.17, 15) is 50.8 Å². The predicted octanol–water partition coefficient (Wildman–Crippen LogP) is -0.772. The molecule has 53 heavy (non-hydrogen) atoms. The van der Waals surface area contributed by atoms with Crippen LogP contribution in [0.4, 0.5) is 0 Å². The summed E-state index contributed by atoms with van der Waals surface area (Å²) < 4.78 is 28.0. The zero-order valence-corrected chi connectivity index (χ0v) is 31.6. The third kappa shape index (κ3) is 7.17. The van der Waals surface area contributed by atoms with Gasteiger partial charge in [0.25, 0.3) is 0 Å². The van der Waals surface area contributed by atoms with Gasteiger partial charge < -0.3 is 69.6 Å². The van der Waals surface area contributed by atoms with Crippen molar-refractivity contribution in [3.05, 3.63) is 0 Å². The number of carbonyl (C=O) groups excluding carboxylic acids is 1. The Hall–Kier alpha value is -0.890. The van der Waals surface area contributed by atoms with E-state index in [1.54, 1.807) is 6.92 Å². The van der Waals surface area contributed by atoms with Crippen LogP contribution in [0, 0.1) is 46.3 Å². The highest BCUT2D eigenvalue weighted by atomic mass is 16.8. The minimum absolute atomic E-state index is 0.0185. The van der Waals surface area contributed by atoms with Crippen LogP contribution in [0.1, 0.15) is 79.1 Å². The topological polar surface area (TPSA) is 245 Å². The lowest BCUT2D eigenvalue weighted by Gasteiger charge is -2.66. The van der Waals surface area contributed by atoms with Crippen LogP contribution in [0.5, 0.6) is 0 Å². The molecule has 15 nitrogen and oxygen atoms in total. The van der Waals surface area contributed by atoms with E-state index >= 15 is 0 Å². The number of methoxy groups -OCH3 is 1. The minimum atomic E-state index is -1.49. The van der Waals surface area contributed by atoms with Crippen molar-refractivity contribution < 1.29 is 74.4 Å². The monoisotopic (exact) mass is 760 g/mol. The third-order valence-corrected chi connectivity index (χ3v) is 14.9. The lowest BCUT2D eigenvalue weighted by atomic mass is 9.41. The Morgan fingerprint density at radius 3 is 2.26 bits per heavy atom. The Morgan fingerprint density at radius 1 is 0.887 bits per heavy atom. The summed E-state index contributed by atoms with van der Waals surface area (Å²) in [6.07, 6.45) is -9.73. The number of carbonyl (C=O) groups is 1. The first-order chi connectivity index (χ1) is 24.9. The van der Waals surface area contributed by atoms with Crippen LogP contribution in [0.2, 0.25) is 0 Å². The average molecular weight is 761 g/mol. The molecule has 306 valence electrons. The van der Waals surface area contributed by atoms with Crippen LogP contribution >= 0.6 is 0 Å². The molecule has 6 aliphatic rings. The molecule has 2 saturated heterocycles. The zero-order valence-electron chi connectivity index (χ0n) is 31.6. The molecule has 4 unspecified atom stereocenters. The van der Waals surface area contributed by atoms with Crippen LogP contribution in [-0.2, 0) is 28.5 Å². The maximum absolute atomic E-state index is 13.4. The SMILES string of the molecule is CO[C@@H]1CO[C@@H](O[C@@H]2[C@@H](OCC(C)C(=O)CC[C@@H](C)[C@H]3C[C@@H](O)C4[C@]5(O)C[C@H](O)C6[C@@H](O)[C@@H](O)CC[C@]6(C)C5CC[C@@]43C)O[C@H](CO)[C@H]2O)[C@H](O)[C@H]1O. The molecule has 2 aliphatic heterocycles. The molecule has 0 aromatic heterocycles. The molecule has 15 heteroatoms. The van der Waals surface area contributed by atoms with Gasteiger partial charge in [0, 0.05) is 37.7 Å². The average Bonchev–Trinajstić information content (AvgIpc) is 3.57. The summed E-state index contributed by atoms with van der Waals surface area (Å²) in [4.78, 5) is 13.4. The molecule has 4 aliphatic carbocycles. The summed E-state index contributed by atoms with van der Waals surface area (Å²) >= 11 is 0. The Kier molecular flexibility index (Phi) is 12.4. The molecule has 0 aromatic carbocycles. The van der Waals surface area contributed by atoms with Crippen molar-refractivity contribution in [2.75, 3.05) is 26.9 Å². The van der Waals surface area contributed by atoms with E-state index < -0.39 is 114 Å². The largest absolute Gasteiger partial charge is 0.394 e. The minimum Gasteiger partial charge on any atom is -0.394 e. The highest BCUT2D eigenvalue weighted by Crippen LogP contribution is 2.69. The molecular formula is C38H64O15. The summed E-state index contributed by atoms with van der Waals surface area (Å²) in [5.74, 6) is -1.84.